The van der Waals surface area contributed by atoms with E-state index >= 15 is 0 Å². The molecule has 0 fully saturated rings. The van der Waals surface area contributed by atoms with Crippen LogP contribution in [0.1, 0.15) is 23.9 Å². The second-order valence-electron chi connectivity index (χ2n) is 5.29. The highest BCUT2D eigenvalue weighted by molar-refractivity contribution is 5.80. The second kappa shape index (κ2) is 8.95. The minimum atomic E-state index is -2.94. The zero-order chi connectivity index (χ0) is 18.2. The zero-order valence-electron chi connectivity index (χ0n) is 14.0. The highest BCUT2D eigenvalue weighted by Gasteiger charge is 2.13. The smallest absolute Gasteiger partial charge is 0.387 e. The first-order chi connectivity index (χ1) is 12.0. The largest absolute Gasteiger partial charge is 0.433 e. The van der Waals surface area contributed by atoms with Crippen molar-refractivity contribution in [1.29, 1.82) is 0 Å². The summed E-state index contributed by atoms with van der Waals surface area (Å²) in [6.07, 6.45) is 2.12. The fraction of sp³-hybridized carbons (Fsp3) is 0.438. The van der Waals surface area contributed by atoms with Crippen molar-refractivity contribution in [3.8, 4) is 5.75 Å². The Kier molecular flexibility index (Phi) is 6.67. The molecule has 7 nitrogen and oxygen atoms in total. The van der Waals surface area contributed by atoms with E-state index in [9.17, 15) is 13.6 Å². The van der Waals surface area contributed by atoms with E-state index in [4.69, 9.17) is 4.52 Å². The highest BCUT2D eigenvalue weighted by Crippen LogP contribution is 2.24. The van der Waals surface area contributed by atoms with Gasteiger partial charge in [-0.25, -0.2) is 4.98 Å². The first-order valence-corrected chi connectivity index (χ1v) is 7.84. The predicted octanol–water partition coefficient (Wildman–Crippen LogP) is 2.31. The number of aromatic nitrogens is 2. The van der Waals surface area contributed by atoms with E-state index in [1.54, 1.807) is 19.1 Å². The van der Waals surface area contributed by atoms with Crippen LogP contribution in [-0.4, -0.2) is 35.7 Å². The predicted molar refractivity (Wildman–Crippen MR) is 86.7 cm³/mol. The number of ether oxygens (including phenoxy) is 1. The molecule has 0 bridgehead atoms. The van der Waals surface area contributed by atoms with Gasteiger partial charge in [-0.05, 0) is 32.8 Å². The fourth-order valence-electron chi connectivity index (χ4n) is 2.21. The molecule has 0 saturated carbocycles. The topological polar surface area (TPSA) is 89.3 Å². The lowest BCUT2D eigenvalue weighted by atomic mass is 10.1. The molecule has 2 heterocycles. The third-order valence-electron chi connectivity index (χ3n) is 3.30. The number of hydrogen-bond acceptors (Lipinski definition) is 6. The number of nitrogens with one attached hydrogen (secondary N) is 2. The van der Waals surface area contributed by atoms with E-state index in [1.807, 2.05) is 6.92 Å². The number of nitrogens with zero attached hydrogens (tertiary/aromatic N) is 2. The van der Waals surface area contributed by atoms with Crippen molar-refractivity contribution in [2.45, 2.75) is 33.3 Å². The van der Waals surface area contributed by atoms with Crippen molar-refractivity contribution in [2.75, 3.05) is 18.4 Å². The molecule has 0 aliphatic rings. The average Bonchev–Trinajstić information content (AvgIpc) is 2.98. The number of halogens is 2. The summed E-state index contributed by atoms with van der Waals surface area (Å²) in [6.45, 7) is 1.22. The van der Waals surface area contributed by atoms with Crippen molar-refractivity contribution < 1.29 is 22.8 Å². The molecule has 0 unspecified atom stereocenters. The van der Waals surface area contributed by atoms with E-state index in [-0.39, 0.29) is 18.2 Å². The van der Waals surface area contributed by atoms with Gasteiger partial charge in [-0.2, -0.15) is 8.78 Å². The molecule has 1 amide bonds. The van der Waals surface area contributed by atoms with E-state index in [2.05, 4.69) is 25.5 Å². The summed E-state index contributed by atoms with van der Waals surface area (Å²) in [5.41, 5.74) is 1.25. The minimum absolute atomic E-state index is 0.00113. The quantitative estimate of drug-likeness (QED) is 0.718. The number of amides is 1. The van der Waals surface area contributed by atoms with Gasteiger partial charge in [0.1, 0.15) is 17.3 Å². The maximum Gasteiger partial charge on any atom is 0.387 e. The number of carbonyl (C=O) groups is 1. The molecule has 136 valence electrons. The van der Waals surface area contributed by atoms with Gasteiger partial charge in [-0.1, -0.05) is 5.16 Å². The number of carbonyl (C=O) groups excluding carboxylic acids is 1. The fourth-order valence-corrected chi connectivity index (χ4v) is 2.21. The lowest BCUT2D eigenvalue weighted by molar-refractivity contribution is -0.119. The normalized spacial score (nSPS) is 10.8. The van der Waals surface area contributed by atoms with E-state index in [1.165, 1.54) is 6.20 Å². The summed E-state index contributed by atoms with van der Waals surface area (Å²) < 4.78 is 34.6. The molecule has 0 atom stereocenters. The van der Waals surface area contributed by atoms with Crippen molar-refractivity contribution in [1.82, 2.24) is 15.5 Å². The third-order valence-corrected chi connectivity index (χ3v) is 3.30. The third kappa shape index (κ3) is 6.02. The molecule has 0 saturated heterocycles. The summed E-state index contributed by atoms with van der Waals surface area (Å²) in [7, 11) is 0. The van der Waals surface area contributed by atoms with Crippen LogP contribution in [0.15, 0.2) is 22.9 Å². The molecule has 2 N–H and O–H groups in total. The summed E-state index contributed by atoms with van der Waals surface area (Å²) in [6, 6.07) is 3.37. The lowest BCUT2D eigenvalue weighted by Crippen LogP contribution is -2.29. The van der Waals surface area contributed by atoms with E-state index < -0.39 is 6.61 Å². The number of rotatable bonds is 9. The van der Waals surface area contributed by atoms with Gasteiger partial charge in [-0.15, -0.1) is 0 Å². The molecule has 9 heteroatoms. The molecule has 2 aromatic heterocycles. The number of pyridine rings is 1. The molecule has 0 aliphatic carbocycles. The summed E-state index contributed by atoms with van der Waals surface area (Å²) in [5, 5.41) is 9.37. The van der Waals surface area contributed by atoms with Gasteiger partial charge in [0, 0.05) is 18.2 Å². The Morgan fingerprint density at radius 2 is 2.16 bits per heavy atom. The Morgan fingerprint density at radius 3 is 2.80 bits per heavy atom. The minimum Gasteiger partial charge on any atom is -0.433 e. The molecular formula is C16H20F2N4O3. The van der Waals surface area contributed by atoms with Gasteiger partial charge < -0.3 is 19.9 Å². The van der Waals surface area contributed by atoms with E-state index in [0.29, 0.717) is 42.2 Å². The number of anilines is 1. The van der Waals surface area contributed by atoms with Crippen LogP contribution in [0.4, 0.5) is 14.6 Å². The average molecular weight is 354 g/mol. The van der Waals surface area contributed by atoms with Crippen molar-refractivity contribution in [3.05, 3.63) is 35.3 Å². The van der Waals surface area contributed by atoms with Crippen molar-refractivity contribution >= 4 is 11.7 Å². The van der Waals surface area contributed by atoms with Crippen LogP contribution in [0.25, 0.3) is 0 Å². The molecule has 2 aromatic rings. The molecule has 0 radical (unpaired) electrons. The van der Waals surface area contributed by atoms with Gasteiger partial charge in [-0.3, -0.25) is 4.79 Å². The number of hydrogen-bond donors (Lipinski definition) is 2. The first-order valence-electron chi connectivity index (χ1n) is 7.84. The van der Waals surface area contributed by atoms with Crippen molar-refractivity contribution in [3.63, 3.8) is 0 Å². The molecule has 0 aliphatic heterocycles. The summed E-state index contributed by atoms with van der Waals surface area (Å²) in [4.78, 5) is 15.5. The molecule has 25 heavy (non-hydrogen) atoms. The molecule has 2 rings (SSSR count). The van der Waals surface area contributed by atoms with Gasteiger partial charge in [0.15, 0.2) is 0 Å². The number of alkyl halides is 2. The maximum atomic E-state index is 12.6. The Labute approximate surface area is 143 Å². The van der Waals surface area contributed by atoms with Gasteiger partial charge in [0.05, 0.1) is 18.4 Å². The van der Waals surface area contributed by atoms with Crippen LogP contribution in [0.5, 0.6) is 5.75 Å². The van der Waals surface area contributed by atoms with Crippen LogP contribution < -0.4 is 15.4 Å². The standard InChI is InChI=1S/C16H20F2N4O3/c1-3-19-15(23)9-21-14-7-11(13(8-20-14)24-16(17)18)4-5-12-6-10(2)25-22-12/h6-8,16H,3-5,9H2,1-2H3,(H,19,23)(H,20,21). The zero-order valence-corrected chi connectivity index (χ0v) is 14.0. The molecular weight excluding hydrogens is 334 g/mol. The van der Waals surface area contributed by atoms with Crippen LogP contribution in [0, 0.1) is 6.92 Å². The summed E-state index contributed by atoms with van der Waals surface area (Å²) >= 11 is 0. The number of likely N-dealkylation sites (N-methyl/N-ethyl adjacent to an activating group) is 1. The van der Waals surface area contributed by atoms with Gasteiger partial charge in [0.25, 0.3) is 0 Å². The van der Waals surface area contributed by atoms with Gasteiger partial charge >= 0.3 is 6.61 Å². The molecule has 0 spiro atoms. The molecule has 0 aromatic carbocycles. The SMILES string of the molecule is CCNC(=O)CNc1cc(CCc2cc(C)on2)c(OC(F)F)cn1. The summed E-state index contributed by atoms with van der Waals surface area (Å²) in [5.74, 6) is 0.896. The van der Waals surface area contributed by atoms with Crippen LogP contribution in [-0.2, 0) is 17.6 Å². The Bertz CT molecular complexity index is 706. The Hall–Kier alpha value is -2.71. The highest BCUT2D eigenvalue weighted by atomic mass is 19.3. The maximum absolute atomic E-state index is 12.6. The van der Waals surface area contributed by atoms with Gasteiger partial charge in [0.2, 0.25) is 5.91 Å². The lowest BCUT2D eigenvalue weighted by Gasteiger charge is -2.12. The Balaban J connectivity index is 2.08. The van der Waals surface area contributed by atoms with Crippen LogP contribution >= 0.6 is 0 Å². The van der Waals surface area contributed by atoms with Crippen LogP contribution in [0.2, 0.25) is 0 Å². The first kappa shape index (κ1) is 18.6. The second-order valence-corrected chi connectivity index (χ2v) is 5.29. The van der Waals surface area contributed by atoms with E-state index in [0.717, 1.165) is 0 Å². The number of aryl methyl sites for hydroxylation is 3. The van der Waals surface area contributed by atoms with Crippen LogP contribution in [0.3, 0.4) is 0 Å². The monoisotopic (exact) mass is 354 g/mol. The van der Waals surface area contributed by atoms with Crippen molar-refractivity contribution in [2.24, 2.45) is 0 Å². The Morgan fingerprint density at radius 1 is 1.36 bits per heavy atom.